The molecular weight excluding hydrogens is 216 g/mol. The highest BCUT2D eigenvalue weighted by Gasteiger charge is 1.97. The molecule has 0 aromatic heterocycles. The molecule has 4 heteroatoms. The molecule has 0 bridgehead atoms. The van der Waals surface area contributed by atoms with E-state index in [1.807, 2.05) is 39.0 Å². The minimum Gasteiger partial charge on any atom is -0.492 e. The fraction of sp³-hybridized carbons (Fsp3) is 0.462. The zero-order valence-corrected chi connectivity index (χ0v) is 10.8. The number of nitrogens with one attached hydrogen (secondary N) is 1. The van der Waals surface area contributed by atoms with Gasteiger partial charge < -0.3 is 15.8 Å². The van der Waals surface area contributed by atoms with Crippen LogP contribution in [0.2, 0.25) is 0 Å². The second-order valence-electron chi connectivity index (χ2n) is 3.26. The van der Waals surface area contributed by atoms with Gasteiger partial charge in [0.05, 0.1) is 6.54 Å². The van der Waals surface area contributed by atoms with Gasteiger partial charge in [-0.05, 0) is 25.5 Å². The first-order valence-electron chi connectivity index (χ1n) is 5.89. The van der Waals surface area contributed by atoms with Crippen molar-refractivity contribution in [3.8, 4) is 0 Å². The highest BCUT2D eigenvalue weighted by molar-refractivity contribution is 5.71. The number of nitrogens with two attached hydrogens (primary N) is 1. The molecule has 0 aromatic carbocycles. The van der Waals surface area contributed by atoms with Gasteiger partial charge in [0.25, 0.3) is 0 Å². The minimum atomic E-state index is -0.526. The van der Waals surface area contributed by atoms with Crippen LogP contribution in [0.1, 0.15) is 27.2 Å². The van der Waals surface area contributed by atoms with Crippen molar-refractivity contribution in [3.05, 3.63) is 35.6 Å². The number of rotatable bonds is 4. The molecule has 0 atom stereocenters. The van der Waals surface area contributed by atoms with Crippen LogP contribution in [0, 0.1) is 0 Å². The van der Waals surface area contributed by atoms with Gasteiger partial charge in [-0.25, -0.2) is 4.79 Å². The van der Waals surface area contributed by atoms with Crippen LogP contribution in [-0.4, -0.2) is 19.2 Å². The number of ether oxygens (including phenoxy) is 1. The smallest absolute Gasteiger partial charge is 0.312 e. The number of hydrogen-bond acceptors (Lipinski definition) is 2. The van der Waals surface area contributed by atoms with Gasteiger partial charge in [0, 0.05) is 0 Å². The van der Waals surface area contributed by atoms with E-state index in [1.54, 1.807) is 0 Å². The van der Waals surface area contributed by atoms with E-state index in [2.05, 4.69) is 11.4 Å². The molecule has 0 aliphatic heterocycles. The molecule has 0 saturated heterocycles. The average molecular weight is 238 g/mol. The van der Waals surface area contributed by atoms with Crippen LogP contribution in [0.5, 0.6) is 0 Å². The van der Waals surface area contributed by atoms with E-state index in [0.717, 1.165) is 12.2 Å². The molecule has 3 N–H and O–H groups in total. The van der Waals surface area contributed by atoms with Gasteiger partial charge in [0.1, 0.15) is 12.4 Å². The van der Waals surface area contributed by atoms with Crippen molar-refractivity contribution in [2.45, 2.75) is 27.2 Å². The van der Waals surface area contributed by atoms with Gasteiger partial charge in [-0.15, -0.1) is 0 Å². The molecule has 0 radical (unpaired) electrons. The second-order valence-corrected chi connectivity index (χ2v) is 3.26. The summed E-state index contributed by atoms with van der Waals surface area (Å²) in [5.41, 5.74) is 6.13. The van der Waals surface area contributed by atoms with Gasteiger partial charge >= 0.3 is 6.03 Å². The largest absolute Gasteiger partial charge is 0.492 e. The Labute approximate surface area is 103 Å². The van der Waals surface area contributed by atoms with Crippen molar-refractivity contribution in [1.29, 1.82) is 0 Å². The van der Waals surface area contributed by atoms with Gasteiger partial charge in [0.15, 0.2) is 0 Å². The first-order chi connectivity index (χ1) is 8.18. The van der Waals surface area contributed by atoms with Crippen molar-refractivity contribution < 1.29 is 9.53 Å². The fourth-order valence-electron chi connectivity index (χ4n) is 1.16. The van der Waals surface area contributed by atoms with Crippen molar-refractivity contribution in [3.63, 3.8) is 0 Å². The van der Waals surface area contributed by atoms with Crippen molar-refractivity contribution >= 4 is 6.03 Å². The maximum atomic E-state index is 10.4. The minimum absolute atomic E-state index is 0.424. The summed E-state index contributed by atoms with van der Waals surface area (Å²) in [6.45, 7) is 6.90. The van der Waals surface area contributed by atoms with E-state index < -0.39 is 6.03 Å². The predicted molar refractivity (Wildman–Crippen MR) is 70.5 cm³/mol. The zero-order chi connectivity index (χ0) is 13.1. The van der Waals surface area contributed by atoms with E-state index in [0.29, 0.717) is 13.2 Å². The van der Waals surface area contributed by atoms with E-state index >= 15 is 0 Å². The first-order valence-corrected chi connectivity index (χ1v) is 5.89. The second kappa shape index (κ2) is 9.51. The molecule has 4 nitrogen and oxygen atoms in total. The van der Waals surface area contributed by atoms with Gasteiger partial charge in [-0.2, -0.15) is 0 Å². The normalized spacial score (nSPS) is 13.6. The Morgan fingerprint density at radius 3 is 2.76 bits per heavy atom. The summed E-state index contributed by atoms with van der Waals surface area (Å²) in [7, 11) is 0. The van der Waals surface area contributed by atoms with Gasteiger partial charge in [-0.1, -0.05) is 31.6 Å². The summed E-state index contributed by atoms with van der Waals surface area (Å²) < 4.78 is 5.43. The molecule has 0 saturated carbocycles. The number of hydrogen-bond donors (Lipinski definition) is 2. The van der Waals surface area contributed by atoms with E-state index in [4.69, 9.17) is 10.5 Å². The summed E-state index contributed by atoms with van der Waals surface area (Å²) >= 11 is 0. The zero-order valence-electron chi connectivity index (χ0n) is 10.8. The van der Waals surface area contributed by atoms with Crippen LogP contribution in [0.25, 0.3) is 0 Å². The molecule has 0 heterocycles. The lowest BCUT2D eigenvalue weighted by Gasteiger charge is -2.06. The van der Waals surface area contributed by atoms with Crippen molar-refractivity contribution in [2.75, 3.05) is 13.2 Å². The summed E-state index contributed by atoms with van der Waals surface area (Å²) in [4.78, 5) is 10.4. The third-order valence-corrected chi connectivity index (χ3v) is 1.94. The Hall–Kier alpha value is -1.71. The van der Waals surface area contributed by atoms with E-state index in [9.17, 15) is 4.79 Å². The van der Waals surface area contributed by atoms with Crippen LogP contribution in [0.4, 0.5) is 4.79 Å². The molecule has 0 fully saturated rings. The Morgan fingerprint density at radius 1 is 1.41 bits per heavy atom. The van der Waals surface area contributed by atoms with Crippen LogP contribution < -0.4 is 11.1 Å². The third-order valence-electron chi connectivity index (χ3n) is 1.94. The molecular formula is C13H22N2O2. The predicted octanol–water partition coefficient (Wildman–Crippen LogP) is 2.49. The monoisotopic (exact) mass is 238 g/mol. The van der Waals surface area contributed by atoms with Crippen LogP contribution >= 0.6 is 0 Å². The van der Waals surface area contributed by atoms with E-state index in [-0.39, 0.29) is 0 Å². The van der Waals surface area contributed by atoms with Crippen LogP contribution in [0.3, 0.4) is 0 Å². The molecule has 1 aliphatic carbocycles. The van der Waals surface area contributed by atoms with Gasteiger partial charge in [-0.3, -0.25) is 0 Å². The lowest BCUT2D eigenvalue weighted by atomic mass is 10.2. The SMILES string of the molecule is CC.CC1=CCC=C(OCCNC(N)=O)C=C1. The number of carbonyl (C=O) groups is 1. The summed E-state index contributed by atoms with van der Waals surface area (Å²) in [6.07, 6.45) is 8.91. The number of amides is 2. The average Bonchev–Trinajstić information content (AvgIpc) is 2.52. The van der Waals surface area contributed by atoms with Crippen molar-refractivity contribution in [1.82, 2.24) is 5.32 Å². The third kappa shape index (κ3) is 8.13. The summed E-state index contributed by atoms with van der Waals surface area (Å²) in [6, 6.07) is -0.526. The molecule has 0 spiro atoms. The summed E-state index contributed by atoms with van der Waals surface area (Å²) in [5, 5.41) is 2.46. The molecule has 1 aliphatic rings. The van der Waals surface area contributed by atoms with Crippen LogP contribution in [0.15, 0.2) is 35.6 Å². The lowest BCUT2D eigenvalue weighted by Crippen LogP contribution is -2.32. The first kappa shape index (κ1) is 15.3. The highest BCUT2D eigenvalue weighted by Crippen LogP contribution is 2.10. The molecule has 17 heavy (non-hydrogen) atoms. The lowest BCUT2D eigenvalue weighted by molar-refractivity contribution is 0.217. The molecule has 0 unspecified atom stereocenters. The quantitative estimate of drug-likeness (QED) is 0.739. The highest BCUT2D eigenvalue weighted by atomic mass is 16.5. The molecule has 1 rings (SSSR count). The fourth-order valence-corrected chi connectivity index (χ4v) is 1.16. The number of urea groups is 1. The molecule has 2 amide bonds. The Morgan fingerprint density at radius 2 is 2.12 bits per heavy atom. The number of carbonyl (C=O) groups excluding carboxylic acids is 1. The maximum absolute atomic E-state index is 10.4. The topological polar surface area (TPSA) is 64.3 Å². The Balaban J connectivity index is 0.00000121. The standard InChI is InChI=1S/C11H16N2O2.C2H6/c1-9-3-2-4-10(6-5-9)15-8-7-13-11(12)14;1-2/h3-6H,2,7-8H2,1H3,(H3,12,13,14);1-2H3. The number of allylic oxidation sites excluding steroid dienone is 5. The van der Waals surface area contributed by atoms with Crippen LogP contribution in [-0.2, 0) is 4.74 Å². The van der Waals surface area contributed by atoms with Crippen molar-refractivity contribution in [2.24, 2.45) is 5.73 Å². The maximum Gasteiger partial charge on any atom is 0.312 e. The Kier molecular flexibility index (Phi) is 8.55. The number of primary amides is 1. The summed E-state index contributed by atoms with van der Waals surface area (Å²) in [5.74, 6) is 0.828. The molecule has 0 aromatic rings. The molecule has 96 valence electrons. The van der Waals surface area contributed by atoms with Gasteiger partial charge in [0.2, 0.25) is 0 Å². The van der Waals surface area contributed by atoms with E-state index in [1.165, 1.54) is 5.57 Å². The Bertz CT molecular complexity index is 317.